The fourth-order valence-corrected chi connectivity index (χ4v) is 8.02. The predicted octanol–water partition coefficient (Wildman–Crippen LogP) is 6.76. The lowest BCUT2D eigenvalue weighted by Crippen LogP contribution is -2.55. The van der Waals surface area contributed by atoms with Gasteiger partial charge in [0.1, 0.15) is 5.60 Å². The minimum Gasteiger partial charge on any atom is -0.444 e. The van der Waals surface area contributed by atoms with Crippen molar-refractivity contribution in [2.24, 2.45) is 0 Å². The van der Waals surface area contributed by atoms with Crippen LogP contribution in [0.25, 0.3) is 0 Å². The van der Waals surface area contributed by atoms with E-state index in [-0.39, 0.29) is 34.9 Å². The molecular weight excluding hydrogens is 596 g/mol. The number of hydrogen-bond donors (Lipinski definition) is 1. The molecule has 1 N–H and O–H groups in total. The molecule has 2 aliphatic rings. The summed E-state index contributed by atoms with van der Waals surface area (Å²) in [4.78, 5) is 15.4. The van der Waals surface area contributed by atoms with E-state index >= 15 is 0 Å². The molecular formula is C35H43F2N3O4S. The summed E-state index contributed by atoms with van der Waals surface area (Å²) in [6.07, 6.45) is 2.61. The maximum Gasteiger partial charge on any atom is 0.410 e. The molecule has 0 saturated carbocycles. The van der Waals surface area contributed by atoms with Gasteiger partial charge in [-0.1, -0.05) is 54.6 Å². The van der Waals surface area contributed by atoms with Crippen molar-refractivity contribution in [3.8, 4) is 0 Å². The summed E-state index contributed by atoms with van der Waals surface area (Å²) >= 11 is 0. The third-order valence-corrected chi connectivity index (χ3v) is 10.9. The van der Waals surface area contributed by atoms with Crippen LogP contribution < -0.4 is 5.32 Å². The van der Waals surface area contributed by atoms with E-state index in [2.05, 4.69) is 23.5 Å². The Morgan fingerprint density at radius 2 is 1.69 bits per heavy atom. The Balaban J connectivity index is 1.47. The van der Waals surface area contributed by atoms with E-state index < -0.39 is 27.3 Å². The fraction of sp³-hybridized carbons (Fsp3) is 0.457. The van der Waals surface area contributed by atoms with E-state index in [0.29, 0.717) is 25.5 Å². The topological polar surface area (TPSA) is 79.0 Å². The van der Waals surface area contributed by atoms with Gasteiger partial charge in [-0.15, -0.1) is 0 Å². The summed E-state index contributed by atoms with van der Waals surface area (Å²) in [5.74, 6) is -2.56. The molecule has 45 heavy (non-hydrogen) atoms. The number of hydrogen-bond acceptors (Lipinski definition) is 5. The van der Waals surface area contributed by atoms with Gasteiger partial charge in [-0.2, -0.15) is 0 Å². The number of piperidine rings is 1. The molecule has 0 radical (unpaired) electrons. The van der Waals surface area contributed by atoms with E-state index in [0.717, 1.165) is 49.2 Å². The zero-order valence-electron chi connectivity index (χ0n) is 26.4. The highest BCUT2D eigenvalue weighted by Gasteiger charge is 2.46. The smallest absolute Gasteiger partial charge is 0.410 e. The second-order valence-electron chi connectivity index (χ2n) is 13.3. The molecule has 1 fully saturated rings. The summed E-state index contributed by atoms with van der Waals surface area (Å²) < 4.78 is 61.6. The average molecular weight is 640 g/mol. The van der Waals surface area contributed by atoms with Crippen molar-refractivity contribution in [1.29, 1.82) is 0 Å². The average Bonchev–Trinajstić information content (AvgIpc) is 3.01. The van der Waals surface area contributed by atoms with Gasteiger partial charge in [-0.3, -0.25) is 0 Å². The number of carbonyl (C=O) groups excluding carboxylic acids is 1. The summed E-state index contributed by atoms with van der Waals surface area (Å²) in [5, 5.41) is 3.46. The number of nitrogens with zero attached hydrogens (tertiary/aromatic N) is 2. The van der Waals surface area contributed by atoms with Crippen molar-refractivity contribution >= 4 is 16.1 Å². The highest BCUT2D eigenvalue weighted by molar-refractivity contribution is 7.89. The highest BCUT2D eigenvalue weighted by atomic mass is 32.2. The Morgan fingerprint density at radius 1 is 1.02 bits per heavy atom. The lowest BCUT2D eigenvalue weighted by Gasteiger charge is -2.50. The Kier molecular flexibility index (Phi) is 9.68. The van der Waals surface area contributed by atoms with Gasteiger partial charge in [-0.25, -0.2) is 26.3 Å². The molecule has 3 aromatic carbocycles. The zero-order chi connectivity index (χ0) is 32.4. The van der Waals surface area contributed by atoms with Gasteiger partial charge in [0, 0.05) is 25.6 Å². The van der Waals surface area contributed by atoms with Gasteiger partial charge in [0.2, 0.25) is 10.0 Å². The minimum absolute atomic E-state index is 0.113. The number of fused-ring (bicyclic) bond motifs is 2. The van der Waals surface area contributed by atoms with E-state index in [1.165, 1.54) is 16.9 Å². The normalized spacial score (nSPS) is 18.9. The molecule has 3 aromatic rings. The molecule has 0 aliphatic carbocycles. The Hall–Kier alpha value is -3.34. The SMILES string of the molecule is CN(CC(CC[C@@H]1c2ccccc2C2(CCNCC2)CN1C(=O)OC(C)(C)C)c1ccccc1)S(=O)(=O)c1ccc(F)c(F)c1. The summed E-state index contributed by atoms with van der Waals surface area (Å²) in [5.41, 5.74) is 2.49. The van der Waals surface area contributed by atoms with Crippen LogP contribution in [-0.2, 0) is 20.2 Å². The quantitative estimate of drug-likeness (QED) is 0.295. The Bertz CT molecular complexity index is 1600. The third kappa shape index (κ3) is 7.23. The predicted molar refractivity (Wildman–Crippen MR) is 170 cm³/mol. The molecule has 1 spiro atoms. The first kappa shape index (κ1) is 33.0. The van der Waals surface area contributed by atoms with Crippen LogP contribution in [0.3, 0.4) is 0 Å². The third-order valence-electron chi connectivity index (χ3n) is 9.07. The maximum absolute atomic E-state index is 14.0. The number of likely N-dealkylation sites (N-methyl/N-ethyl adjacent to an activating group) is 1. The standard InChI is InChI=1S/C35H43F2N3O4S/c1-34(2,3)44-33(41)40-24-35(18-20-38-21-19-35)29-13-9-8-12-28(29)32(40)17-14-26(25-10-6-5-7-11-25)23-39(4)45(42,43)27-15-16-30(36)31(37)22-27/h5-13,15-16,22,26,32,38H,14,17-21,23-24H2,1-4H3/t26?,32-/m1/s1. The first-order valence-electron chi connectivity index (χ1n) is 15.6. The maximum atomic E-state index is 14.0. The van der Waals surface area contributed by atoms with Crippen LogP contribution in [0.4, 0.5) is 13.6 Å². The molecule has 2 atom stereocenters. The molecule has 2 aliphatic heterocycles. The van der Waals surface area contributed by atoms with Crippen molar-refractivity contribution in [3.63, 3.8) is 0 Å². The molecule has 1 saturated heterocycles. The van der Waals surface area contributed by atoms with Gasteiger partial charge in [0.25, 0.3) is 0 Å². The van der Waals surface area contributed by atoms with Crippen LogP contribution in [0.15, 0.2) is 77.7 Å². The Morgan fingerprint density at radius 3 is 2.36 bits per heavy atom. The van der Waals surface area contributed by atoms with Gasteiger partial charge in [0.05, 0.1) is 10.9 Å². The van der Waals surface area contributed by atoms with Crippen LogP contribution in [0.2, 0.25) is 0 Å². The van der Waals surface area contributed by atoms with Crippen LogP contribution >= 0.6 is 0 Å². The van der Waals surface area contributed by atoms with Gasteiger partial charge in [0.15, 0.2) is 11.6 Å². The molecule has 242 valence electrons. The largest absolute Gasteiger partial charge is 0.444 e. The molecule has 5 rings (SSSR count). The molecule has 0 aromatic heterocycles. The van der Waals surface area contributed by atoms with Crippen LogP contribution in [0, 0.1) is 11.6 Å². The number of rotatable bonds is 8. The van der Waals surface area contributed by atoms with Gasteiger partial charge >= 0.3 is 6.09 Å². The van der Waals surface area contributed by atoms with E-state index in [4.69, 9.17) is 4.74 Å². The number of nitrogens with one attached hydrogen (secondary N) is 1. The van der Waals surface area contributed by atoms with E-state index in [1.807, 2.05) is 62.1 Å². The first-order chi connectivity index (χ1) is 21.3. The monoisotopic (exact) mass is 639 g/mol. The van der Waals surface area contributed by atoms with Crippen molar-refractivity contribution in [1.82, 2.24) is 14.5 Å². The molecule has 0 bridgehead atoms. The molecule has 10 heteroatoms. The van der Waals surface area contributed by atoms with Crippen LogP contribution in [0.1, 0.15) is 75.1 Å². The lowest BCUT2D eigenvalue weighted by atomic mass is 9.67. The number of amides is 1. The molecule has 1 amide bonds. The highest BCUT2D eigenvalue weighted by Crippen LogP contribution is 2.47. The summed E-state index contributed by atoms with van der Waals surface area (Å²) in [6.45, 7) is 8.01. The van der Waals surface area contributed by atoms with E-state index in [9.17, 15) is 22.0 Å². The number of ether oxygens (including phenoxy) is 1. The first-order valence-corrected chi connectivity index (χ1v) is 17.0. The number of sulfonamides is 1. The van der Waals surface area contributed by atoms with Crippen molar-refractivity contribution in [2.45, 2.75) is 74.3 Å². The van der Waals surface area contributed by atoms with Crippen molar-refractivity contribution < 1.29 is 26.7 Å². The molecule has 1 unspecified atom stereocenters. The van der Waals surface area contributed by atoms with E-state index in [1.54, 1.807) is 0 Å². The minimum atomic E-state index is -4.10. The number of benzene rings is 3. The lowest BCUT2D eigenvalue weighted by molar-refractivity contribution is 0.00195. The van der Waals surface area contributed by atoms with Gasteiger partial charge in [-0.05, 0) is 100 Å². The van der Waals surface area contributed by atoms with Crippen LogP contribution in [-0.4, -0.2) is 62.5 Å². The molecule has 2 heterocycles. The second kappa shape index (κ2) is 13.2. The van der Waals surface area contributed by atoms with Crippen molar-refractivity contribution in [3.05, 3.63) is 101 Å². The van der Waals surface area contributed by atoms with Crippen molar-refractivity contribution in [2.75, 3.05) is 33.2 Å². The fourth-order valence-electron chi connectivity index (χ4n) is 6.79. The number of halogens is 2. The zero-order valence-corrected chi connectivity index (χ0v) is 27.2. The Labute approximate surface area is 265 Å². The number of carbonyl (C=O) groups is 1. The van der Waals surface area contributed by atoms with Crippen LogP contribution in [0.5, 0.6) is 0 Å². The summed E-state index contributed by atoms with van der Waals surface area (Å²) in [6, 6.07) is 20.4. The van der Waals surface area contributed by atoms with Gasteiger partial charge < -0.3 is 15.0 Å². The summed E-state index contributed by atoms with van der Waals surface area (Å²) in [7, 11) is -2.65. The second-order valence-corrected chi connectivity index (χ2v) is 15.3. The molecule has 7 nitrogen and oxygen atoms in total.